The van der Waals surface area contributed by atoms with Crippen molar-refractivity contribution in [2.75, 3.05) is 70.5 Å². The first-order valence-electron chi connectivity index (χ1n) is 23.0. The second-order valence-corrected chi connectivity index (χ2v) is 17.3. The Morgan fingerprint density at radius 3 is 2.06 bits per heavy atom. The van der Waals surface area contributed by atoms with Gasteiger partial charge in [-0.15, -0.1) is 0 Å². The van der Waals surface area contributed by atoms with Crippen molar-refractivity contribution in [2.24, 2.45) is 11.8 Å². The van der Waals surface area contributed by atoms with Crippen LogP contribution in [-0.4, -0.2) is 127 Å². The summed E-state index contributed by atoms with van der Waals surface area (Å²) in [5.74, 6) is -0.524. The number of amides is 3. The van der Waals surface area contributed by atoms with Crippen LogP contribution < -0.4 is 9.80 Å². The molecule has 5 heterocycles. The van der Waals surface area contributed by atoms with E-state index in [1.54, 1.807) is 47.6 Å². The highest BCUT2D eigenvalue weighted by atomic mass is 16.6. The van der Waals surface area contributed by atoms with Gasteiger partial charge < -0.3 is 38.6 Å². The molecule has 18 nitrogen and oxygen atoms in total. The first kappa shape index (κ1) is 47.9. The van der Waals surface area contributed by atoms with Gasteiger partial charge in [-0.25, -0.2) is 19.7 Å². The molecule has 4 aliphatic rings. The van der Waals surface area contributed by atoms with Crippen LogP contribution in [0.4, 0.5) is 16.4 Å². The fraction of sp³-hybridized carbons (Fsp3) is 0.321. The maximum atomic E-state index is 16.5. The summed E-state index contributed by atoms with van der Waals surface area (Å²) in [6.07, 6.45) is 0.945. The standard InChI is InChI=1S/C53H50N6O12/c1-67-30-31-70-52(66)58-40-23-18-33(12-10-17-38(47(62)68-2)48(63)69-3)32-39(40)53(50(58)65)41(46(61)56-26-28-57(29-27-56)51-54-24-11-25-55-51)43-49(64)71-44(35-15-8-5-9-16-35)42(34-13-6-4-7-14-34)59(43)45(53)36-19-21-37(60)22-20-36/h4-9,11,13-16,18-25,32,38,41-45,60H,17,26-31H2,1-3H3/t41-,42-,43-,44+,45+,53-/m0/s1. The van der Waals surface area contributed by atoms with E-state index >= 15 is 14.4 Å². The van der Waals surface area contributed by atoms with E-state index in [0.29, 0.717) is 35.7 Å². The number of phenols is 1. The Balaban J connectivity index is 1.30. The molecule has 4 aliphatic heterocycles. The monoisotopic (exact) mass is 962 g/mol. The molecule has 1 spiro atoms. The number of anilines is 2. The number of carbonyl (C=O) groups is 6. The summed E-state index contributed by atoms with van der Waals surface area (Å²) in [5, 5.41) is 10.8. The van der Waals surface area contributed by atoms with E-state index in [1.807, 2.05) is 70.5 Å². The average Bonchev–Trinajstić information content (AvgIpc) is 3.86. The lowest BCUT2D eigenvalue weighted by Crippen LogP contribution is -2.59. The number of morpholine rings is 1. The lowest BCUT2D eigenvalue weighted by Gasteiger charge is -2.46. The number of fused-ring (bicyclic) bond motifs is 3. The van der Waals surface area contributed by atoms with Gasteiger partial charge in [-0.05, 0) is 58.7 Å². The van der Waals surface area contributed by atoms with E-state index in [0.717, 1.165) is 19.1 Å². The van der Waals surface area contributed by atoms with Gasteiger partial charge in [0, 0.05) is 57.7 Å². The molecule has 71 heavy (non-hydrogen) atoms. The summed E-state index contributed by atoms with van der Waals surface area (Å²) >= 11 is 0. The molecular weight excluding hydrogens is 913 g/mol. The molecule has 9 rings (SSSR count). The van der Waals surface area contributed by atoms with Gasteiger partial charge in [0.25, 0.3) is 0 Å². The Hall–Kier alpha value is -8.14. The first-order chi connectivity index (χ1) is 34.5. The number of esters is 3. The third-order valence-corrected chi connectivity index (χ3v) is 13.6. The largest absolute Gasteiger partial charge is 0.508 e. The number of ether oxygens (including phenoxy) is 5. The Kier molecular flexibility index (Phi) is 13.8. The van der Waals surface area contributed by atoms with Gasteiger partial charge in [0.2, 0.25) is 17.8 Å². The number of cyclic esters (lactones) is 1. The second-order valence-electron chi connectivity index (χ2n) is 17.3. The van der Waals surface area contributed by atoms with E-state index in [-0.39, 0.29) is 55.3 Å². The molecule has 3 saturated heterocycles. The van der Waals surface area contributed by atoms with Crippen molar-refractivity contribution in [3.8, 4) is 17.6 Å². The maximum absolute atomic E-state index is 16.5. The van der Waals surface area contributed by atoms with Crippen LogP contribution in [0.15, 0.2) is 122 Å². The van der Waals surface area contributed by atoms with E-state index in [9.17, 15) is 19.5 Å². The van der Waals surface area contributed by atoms with Crippen LogP contribution in [0, 0.1) is 23.7 Å². The minimum absolute atomic E-state index is 0.0109. The summed E-state index contributed by atoms with van der Waals surface area (Å²) in [6.45, 7) is 0.734. The molecule has 5 aromatic rings. The number of piperazine rings is 1. The first-order valence-corrected chi connectivity index (χ1v) is 23.0. The van der Waals surface area contributed by atoms with Gasteiger partial charge in [0.15, 0.2) is 5.92 Å². The van der Waals surface area contributed by atoms with Crippen molar-refractivity contribution in [1.82, 2.24) is 19.8 Å². The van der Waals surface area contributed by atoms with Crippen LogP contribution in [0.2, 0.25) is 0 Å². The Bertz CT molecular complexity index is 2860. The molecular formula is C53H50N6O12. The van der Waals surface area contributed by atoms with Crippen molar-refractivity contribution < 1.29 is 57.6 Å². The minimum atomic E-state index is -2.14. The third kappa shape index (κ3) is 8.67. The Labute approximate surface area is 409 Å². The zero-order valence-electron chi connectivity index (χ0n) is 39.1. The highest BCUT2D eigenvalue weighted by Crippen LogP contribution is 2.66. The summed E-state index contributed by atoms with van der Waals surface area (Å²) in [7, 11) is 3.72. The number of rotatable bonds is 11. The highest BCUT2D eigenvalue weighted by molar-refractivity contribution is 6.23. The number of aromatic hydroxyl groups is 1. The molecule has 6 atom stereocenters. The Morgan fingerprint density at radius 1 is 0.775 bits per heavy atom. The van der Waals surface area contributed by atoms with E-state index in [2.05, 4.69) is 21.8 Å². The van der Waals surface area contributed by atoms with Crippen LogP contribution in [-0.2, 0) is 53.1 Å². The fourth-order valence-electron chi connectivity index (χ4n) is 10.5. The van der Waals surface area contributed by atoms with Crippen LogP contribution >= 0.6 is 0 Å². The quantitative estimate of drug-likeness (QED) is 0.0627. The van der Waals surface area contributed by atoms with E-state index in [1.165, 1.54) is 25.3 Å². The van der Waals surface area contributed by atoms with E-state index in [4.69, 9.17) is 23.7 Å². The maximum Gasteiger partial charge on any atom is 0.421 e. The topological polar surface area (TPSA) is 208 Å². The summed E-state index contributed by atoms with van der Waals surface area (Å²) < 4.78 is 27.1. The SMILES string of the molecule is COCCOC(=O)N1C(=O)[C@@]2(c3cc(C#CCC(C(=O)OC)C(=O)OC)ccc31)[C@H](C(=O)N1CCN(c3ncccn3)CC1)[C@H]1C(=O)O[C@H](c3ccccc3)[C@H](c3ccccc3)N1[C@@H]2c1ccc(O)cc1. The second kappa shape index (κ2) is 20.4. The third-order valence-electron chi connectivity index (χ3n) is 13.6. The number of hydrogen-bond acceptors (Lipinski definition) is 16. The smallest absolute Gasteiger partial charge is 0.421 e. The summed E-state index contributed by atoms with van der Waals surface area (Å²) in [4.78, 5) is 103. The molecule has 18 heteroatoms. The van der Waals surface area contributed by atoms with Crippen LogP contribution in [0.3, 0.4) is 0 Å². The van der Waals surface area contributed by atoms with Crippen molar-refractivity contribution >= 4 is 47.5 Å². The Morgan fingerprint density at radius 2 is 1.42 bits per heavy atom. The number of phenolic OH excluding ortho intramolecular Hbond substituents is 1. The molecule has 1 aromatic heterocycles. The molecule has 3 amide bonds. The number of nitrogens with zero attached hydrogens (tertiary/aromatic N) is 6. The van der Waals surface area contributed by atoms with E-state index < -0.39 is 77.3 Å². The lowest BCUT2D eigenvalue weighted by atomic mass is 9.65. The molecule has 0 radical (unpaired) electrons. The summed E-state index contributed by atoms with van der Waals surface area (Å²) in [6, 6.07) is 27.6. The molecule has 3 fully saturated rings. The molecule has 1 N–H and O–H groups in total. The number of hydrogen-bond donors (Lipinski definition) is 1. The molecule has 364 valence electrons. The zero-order chi connectivity index (χ0) is 49.8. The number of aromatic nitrogens is 2. The van der Waals surface area contributed by atoms with Gasteiger partial charge in [-0.3, -0.25) is 28.9 Å². The van der Waals surface area contributed by atoms with Crippen LogP contribution in [0.25, 0.3) is 0 Å². The molecule has 0 unspecified atom stereocenters. The number of benzene rings is 4. The van der Waals surface area contributed by atoms with Gasteiger partial charge in [-0.2, -0.15) is 0 Å². The average molecular weight is 963 g/mol. The van der Waals surface area contributed by atoms with Crippen molar-refractivity contribution in [2.45, 2.75) is 36.1 Å². The van der Waals surface area contributed by atoms with Gasteiger partial charge in [0.05, 0.1) is 44.5 Å². The summed E-state index contributed by atoms with van der Waals surface area (Å²) in [5.41, 5.74) is 0.173. The number of imide groups is 1. The van der Waals surface area contributed by atoms with Crippen molar-refractivity contribution in [3.63, 3.8) is 0 Å². The van der Waals surface area contributed by atoms with Gasteiger partial charge in [0.1, 0.15) is 29.9 Å². The fourth-order valence-corrected chi connectivity index (χ4v) is 10.5. The normalized spacial score (nSPS) is 22.5. The number of carbonyl (C=O) groups excluding carboxylic acids is 6. The van der Waals surface area contributed by atoms with Crippen LogP contribution in [0.5, 0.6) is 5.75 Å². The lowest BCUT2D eigenvalue weighted by molar-refractivity contribution is -0.179. The predicted octanol–water partition coefficient (Wildman–Crippen LogP) is 4.68. The van der Waals surface area contributed by atoms with Crippen LogP contribution in [0.1, 0.15) is 52.4 Å². The molecule has 4 aromatic carbocycles. The predicted molar refractivity (Wildman–Crippen MR) is 253 cm³/mol. The van der Waals surface area contributed by atoms with Crippen molar-refractivity contribution in [1.29, 1.82) is 0 Å². The number of methoxy groups -OCH3 is 3. The highest BCUT2D eigenvalue weighted by Gasteiger charge is 2.76. The minimum Gasteiger partial charge on any atom is -0.508 e. The van der Waals surface area contributed by atoms with Gasteiger partial charge >= 0.3 is 24.0 Å². The molecule has 0 bridgehead atoms. The van der Waals surface area contributed by atoms with Gasteiger partial charge in [-0.1, -0.05) is 84.6 Å². The molecule has 0 aliphatic carbocycles. The molecule has 0 saturated carbocycles. The zero-order valence-corrected chi connectivity index (χ0v) is 39.1. The van der Waals surface area contributed by atoms with Crippen molar-refractivity contribution in [3.05, 3.63) is 149 Å².